The first kappa shape index (κ1) is 19.4. The Morgan fingerprint density at radius 3 is 2.68 bits per heavy atom. The number of hydrogen-bond donors (Lipinski definition) is 1. The van der Waals surface area contributed by atoms with Crippen LogP contribution in [0.15, 0.2) is 64.3 Å². The van der Waals surface area contributed by atoms with Gasteiger partial charge in [-0.3, -0.25) is 19.6 Å². The number of hydrogen-bond acceptors (Lipinski definition) is 5. The van der Waals surface area contributed by atoms with Crippen LogP contribution in [-0.4, -0.2) is 26.8 Å². The van der Waals surface area contributed by atoms with Crippen LogP contribution in [-0.2, 0) is 6.54 Å². The van der Waals surface area contributed by atoms with Crippen molar-refractivity contribution >= 4 is 33.7 Å². The summed E-state index contributed by atoms with van der Waals surface area (Å²) in [5.74, 6) is -1.02. The predicted molar refractivity (Wildman–Crippen MR) is 104 cm³/mol. The molecule has 0 radical (unpaired) electrons. The van der Waals surface area contributed by atoms with E-state index in [0.717, 1.165) is 5.56 Å². The van der Waals surface area contributed by atoms with Crippen LogP contribution in [0.1, 0.15) is 21.6 Å². The van der Waals surface area contributed by atoms with Crippen LogP contribution >= 0.6 is 15.9 Å². The fourth-order valence-electron chi connectivity index (χ4n) is 2.34. The number of carbonyl (C=O) groups is 1. The summed E-state index contributed by atoms with van der Waals surface area (Å²) in [7, 11) is 0. The lowest BCUT2D eigenvalue weighted by atomic mass is 10.2. The van der Waals surface area contributed by atoms with Crippen molar-refractivity contribution in [2.24, 2.45) is 5.10 Å². The van der Waals surface area contributed by atoms with E-state index in [1.165, 1.54) is 35.2 Å². The molecule has 0 unspecified atom stereocenters. The van der Waals surface area contributed by atoms with Gasteiger partial charge in [0.2, 0.25) is 0 Å². The molecule has 142 valence electrons. The lowest BCUT2D eigenvalue weighted by molar-refractivity contribution is -0.384. The zero-order valence-electron chi connectivity index (χ0n) is 14.3. The molecule has 0 saturated carbocycles. The summed E-state index contributed by atoms with van der Waals surface area (Å²) in [6.45, 7) is 0.322. The first-order valence-electron chi connectivity index (χ1n) is 7.98. The van der Waals surface area contributed by atoms with Crippen molar-refractivity contribution < 1.29 is 14.1 Å². The summed E-state index contributed by atoms with van der Waals surface area (Å²) in [5.41, 5.74) is 3.42. The molecule has 1 heterocycles. The van der Waals surface area contributed by atoms with Gasteiger partial charge < -0.3 is 0 Å². The fraction of sp³-hybridized carbons (Fsp3) is 0.0556. The molecular weight excluding hydrogens is 433 g/mol. The van der Waals surface area contributed by atoms with Crippen LogP contribution in [0.25, 0.3) is 0 Å². The van der Waals surface area contributed by atoms with Gasteiger partial charge in [0.1, 0.15) is 5.82 Å². The Morgan fingerprint density at radius 2 is 2.00 bits per heavy atom. The zero-order chi connectivity index (χ0) is 20.1. The van der Waals surface area contributed by atoms with Crippen LogP contribution < -0.4 is 5.43 Å². The van der Waals surface area contributed by atoms with Crippen molar-refractivity contribution in [2.75, 3.05) is 0 Å². The van der Waals surface area contributed by atoms with Crippen LogP contribution in [0.3, 0.4) is 0 Å². The minimum Gasteiger partial charge on any atom is -0.266 e. The summed E-state index contributed by atoms with van der Waals surface area (Å²) in [4.78, 5) is 22.4. The van der Waals surface area contributed by atoms with E-state index in [0.29, 0.717) is 11.0 Å². The third kappa shape index (κ3) is 4.65. The lowest BCUT2D eigenvalue weighted by Crippen LogP contribution is -2.19. The number of amides is 1. The monoisotopic (exact) mass is 445 g/mol. The zero-order valence-corrected chi connectivity index (χ0v) is 15.8. The van der Waals surface area contributed by atoms with Crippen molar-refractivity contribution in [1.29, 1.82) is 0 Å². The topological polar surface area (TPSA) is 102 Å². The number of nitrogens with one attached hydrogen (secondary N) is 1. The maximum atomic E-state index is 13.5. The molecule has 1 aromatic heterocycles. The van der Waals surface area contributed by atoms with E-state index in [2.05, 4.69) is 31.6 Å². The summed E-state index contributed by atoms with van der Waals surface area (Å²) in [5, 5.41) is 18.6. The molecule has 1 N–H and O–H groups in total. The molecule has 0 aliphatic heterocycles. The molecule has 28 heavy (non-hydrogen) atoms. The van der Waals surface area contributed by atoms with Gasteiger partial charge in [-0.05, 0) is 27.6 Å². The number of nitro groups is 1. The molecule has 0 spiro atoms. The highest BCUT2D eigenvalue weighted by Gasteiger charge is 2.15. The van der Waals surface area contributed by atoms with Crippen molar-refractivity contribution in [1.82, 2.24) is 15.2 Å². The average molecular weight is 446 g/mol. The molecule has 0 aliphatic rings. The summed E-state index contributed by atoms with van der Waals surface area (Å²) in [6.07, 6.45) is 2.81. The van der Waals surface area contributed by atoms with Gasteiger partial charge in [-0.2, -0.15) is 10.2 Å². The first-order chi connectivity index (χ1) is 13.4. The number of non-ortho nitro benzene ring substituents is 1. The van der Waals surface area contributed by atoms with E-state index in [9.17, 15) is 19.3 Å². The molecule has 2 aromatic carbocycles. The van der Waals surface area contributed by atoms with Crippen molar-refractivity contribution in [3.8, 4) is 0 Å². The Hall–Kier alpha value is -3.40. The van der Waals surface area contributed by atoms with Gasteiger partial charge in [-0.25, -0.2) is 9.82 Å². The quantitative estimate of drug-likeness (QED) is 0.356. The number of halogens is 2. The Bertz CT molecular complexity index is 1050. The van der Waals surface area contributed by atoms with E-state index in [-0.39, 0.29) is 16.9 Å². The second kappa shape index (κ2) is 8.53. The molecule has 0 saturated heterocycles. The molecule has 1 amide bonds. The molecule has 3 rings (SSSR count). The number of hydrazone groups is 1. The Balaban J connectivity index is 1.66. The van der Waals surface area contributed by atoms with Crippen molar-refractivity contribution in [2.45, 2.75) is 6.54 Å². The number of rotatable bonds is 6. The molecule has 0 atom stereocenters. The van der Waals surface area contributed by atoms with E-state index < -0.39 is 16.6 Å². The molecule has 0 aliphatic carbocycles. The third-order valence-corrected chi connectivity index (χ3v) is 4.28. The molecule has 10 heteroatoms. The van der Waals surface area contributed by atoms with Gasteiger partial charge in [0.15, 0.2) is 5.69 Å². The first-order valence-corrected chi connectivity index (χ1v) is 8.77. The van der Waals surface area contributed by atoms with Crippen LogP contribution in [0.5, 0.6) is 0 Å². The van der Waals surface area contributed by atoms with Gasteiger partial charge in [0, 0.05) is 23.9 Å². The van der Waals surface area contributed by atoms with E-state index in [1.807, 2.05) is 0 Å². The van der Waals surface area contributed by atoms with Gasteiger partial charge in [0.05, 0.1) is 22.2 Å². The number of carbonyl (C=O) groups excluding carboxylic acids is 1. The Kier molecular flexibility index (Phi) is 5.90. The number of nitro benzene ring substituents is 1. The molecular formula is C18H13BrFN5O3. The standard InChI is InChI=1S/C18H13BrFN5O3/c19-15-11-24(10-12-5-7-14(8-6-12)25(27)28)23-17(15)18(26)22-21-9-13-3-1-2-4-16(13)20/h1-9,11H,10H2,(H,22,26). The molecule has 0 bridgehead atoms. The summed E-state index contributed by atoms with van der Waals surface area (Å²) < 4.78 is 15.5. The second-order valence-corrected chi connectivity index (χ2v) is 6.52. The molecule has 0 fully saturated rings. The van der Waals surface area contributed by atoms with Crippen molar-refractivity contribution in [3.05, 3.63) is 92.0 Å². The summed E-state index contributed by atoms with van der Waals surface area (Å²) >= 11 is 3.26. The fourth-order valence-corrected chi connectivity index (χ4v) is 2.83. The largest absolute Gasteiger partial charge is 0.293 e. The highest BCUT2D eigenvalue weighted by molar-refractivity contribution is 9.10. The van der Waals surface area contributed by atoms with Crippen LogP contribution in [0.4, 0.5) is 10.1 Å². The predicted octanol–water partition coefficient (Wildman–Crippen LogP) is 3.51. The van der Waals surface area contributed by atoms with E-state index >= 15 is 0 Å². The van der Waals surface area contributed by atoms with E-state index in [4.69, 9.17) is 0 Å². The maximum Gasteiger partial charge on any atom is 0.293 e. The van der Waals surface area contributed by atoms with Gasteiger partial charge in [-0.15, -0.1) is 0 Å². The highest BCUT2D eigenvalue weighted by atomic mass is 79.9. The SMILES string of the molecule is O=C(NN=Cc1ccccc1F)c1nn(Cc2ccc([N+](=O)[O-])cc2)cc1Br. The average Bonchev–Trinajstić information content (AvgIpc) is 3.04. The Morgan fingerprint density at radius 1 is 1.29 bits per heavy atom. The smallest absolute Gasteiger partial charge is 0.266 e. The van der Waals surface area contributed by atoms with E-state index in [1.54, 1.807) is 30.5 Å². The van der Waals surface area contributed by atoms with Crippen LogP contribution in [0, 0.1) is 15.9 Å². The maximum absolute atomic E-state index is 13.5. The molecule has 3 aromatic rings. The normalized spacial score (nSPS) is 10.9. The minimum atomic E-state index is -0.568. The lowest BCUT2D eigenvalue weighted by Gasteiger charge is -2.01. The van der Waals surface area contributed by atoms with Gasteiger partial charge in [0.25, 0.3) is 11.6 Å². The Labute approximate surface area is 167 Å². The third-order valence-electron chi connectivity index (χ3n) is 3.70. The van der Waals surface area contributed by atoms with Crippen LogP contribution in [0.2, 0.25) is 0 Å². The van der Waals surface area contributed by atoms with Gasteiger partial charge >= 0.3 is 0 Å². The summed E-state index contributed by atoms with van der Waals surface area (Å²) in [6, 6.07) is 12.1. The second-order valence-electron chi connectivity index (χ2n) is 5.67. The van der Waals surface area contributed by atoms with Crippen molar-refractivity contribution in [3.63, 3.8) is 0 Å². The number of benzene rings is 2. The molecule has 8 nitrogen and oxygen atoms in total. The van der Waals surface area contributed by atoms with Gasteiger partial charge in [-0.1, -0.05) is 30.3 Å². The number of aromatic nitrogens is 2. The number of nitrogens with zero attached hydrogens (tertiary/aromatic N) is 4. The minimum absolute atomic E-state index is 0.00169. The highest BCUT2D eigenvalue weighted by Crippen LogP contribution is 2.17.